The highest BCUT2D eigenvalue weighted by atomic mass is 35.5. The molecule has 0 aliphatic rings. The first kappa shape index (κ1) is 14.1. The van der Waals surface area contributed by atoms with Crippen molar-refractivity contribution in [3.8, 4) is 0 Å². The van der Waals surface area contributed by atoms with Gasteiger partial charge in [0.1, 0.15) is 0 Å². The number of halogens is 1. The predicted octanol–water partition coefficient (Wildman–Crippen LogP) is 4.54. The van der Waals surface area contributed by atoms with Crippen molar-refractivity contribution in [2.24, 2.45) is 0 Å². The Morgan fingerprint density at radius 1 is 1.00 bits per heavy atom. The molecule has 1 nitrogen and oxygen atoms in total. The number of hydrogen-bond donors (Lipinski definition) is 1. The van der Waals surface area contributed by atoms with Crippen LogP contribution in [0.25, 0.3) is 0 Å². The van der Waals surface area contributed by atoms with E-state index in [0.717, 1.165) is 18.0 Å². The van der Waals surface area contributed by atoms with E-state index in [4.69, 9.17) is 11.6 Å². The van der Waals surface area contributed by atoms with Gasteiger partial charge < -0.3 is 5.32 Å². The molecular weight excluding hydrogens is 254 g/mol. The Kier molecular flexibility index (Phi) is 5.00. The molecule has 0 bridgehead atoms. The lowest BCUT2D eigenvalue weighted by Gasteiger charge is -2.19. The van der Waals surface area contributed by atoms with Crippen LogP contribution >= 0.6 is 11.6 Å². The molecule has 0 fully saturated rings. The van der Waals surface area contributed by atoms with E-state index in [2.05, 4.69) is 55.6 Å². The minimum absolute atomic E-state index is 0.353. The Bertz CT molecular complexity index is 502. The normalized spacial score (nSPS) is 12.4. The van der Waals surface area contributed by atoms with Crippen LogP contribution in [-0.4, -0.2) is 6.54 Å². The van der Waals surface area contributed by atoms with Crippen molar-refractivity contribution < 1.29 is 0 Å². The molecule has 2 heteroatoms. The van der Waals surface area contributed by atoms with Crippen molar-refractivity contribution in [1.82, 2.24) is 5.32 Å². The second-order valence-electron chi connectivity index (χ2n) is 4.85. The summed E-state index contributed by atoms with van der Waals surface area (Å²) < 4.78 is 0. The maximum atomic E-state index is 5.93. The number of nitrogens with one attached hydrogen (secondary N) is 1. The number of likely N-dealkylation sites (N-methyl/N-ethyl adjacent to an activating group) is 1. The summed E-state index contributed by atoms with van der Waals surface area (Å²) in [5.74, 6) is 0. The average molecular weight is 274 g/mol. The van der Waals surface area contributed by atoms with Gasteiger partial charge in [0.05, 0.1) is 0 Å². The Balaban J connectivity index is 2.15. The molecule has 1 unspecified atom stereocenters. The average Bonchev–Trinajstić information content (AvgIpc) is 2.42. The monoisotopic (exact) mass is 273 g/mol. The predicted molar refractivity (Wildman–Crippen MR) is 82.8 cm³/mol. The molecule has 0 amide bonds. The van der Waals surface area contributed by atoms with E-state index >= 15 is 0 Å². The van der Waals surface area contributed by atoms with Crippen molar-refractivity contribution in [2.75, 3.05) is 6.54 Å². The fraction of sp³-hybridized carbons (Fsp3) is 0.294. The second-order valence-corrected chi connectivity index (χ2v) is 5.29. The third-order valence-electron chi connectivity index (χ3n) is 3.28. The van der Waals surface area contributed by atoms with Crippen molar-refractivity contribution in [3.63, 3.8) is 0 Å². The van der Waals surface area contributed by atoms with Crippen LogP contribution in [0.2, 0.25) is 5.02 Å². The van der Waals surface area contributed by atoms with E-state index in [1.807, 2.05) is 12.1 Å². The van der Waals surface area contributed by atoms with Crippen LogP contribution in [0.1, 0.15) is 29.7 Å². The number of benzene rings is 2. The van der Waals surface area contributed by atoms with Gasteiger partial charge in [-0.15, -0.1) is 0 Å². The van der Waals surface area contributed by atoms with Gasteiger partial charge in [0.2, 0.25) is 0 Å². The SMILES string of the molecule is CCNC(Cc1ccc(Cl)cc1)c1ccc(C)cc1. The molecule has 1 N–H and O–H groups in total. The molecule has 0 radical (unpaired) electrons. The molecule has 0 spiro atoms. The summed E-state index contributed by atoms with van der Waals surface area (Å²) in [6, 6.07) is 17.2. The molecule has 0 heterocycles. The van der Waals surface area contributed by atoms with E-state index in [1.165, 1.54) is 16.7 Å². The maximum absolute atomic E-state index is 5.93. The van der Waals surface area contributed by atoms with E-state index < -0.39 is 0 Å². The van der Waals surface area contributed by atoms with Gasteiger partial charge in [-0.25, -0.2) is 0 Å². The molecule has 2 aromatic carbocycles. The smallest absolute Gasteiger partial charge is 0.0406 e. The maximum Gasteiger partial charge on any atom is 0.0406 e. The first-order valence-electron chi connectivity index (χ1n) is 6.73. The summed E-state index contributed by atoms with van der Waals surface area (Å²) >= 11 is 5.93. The quantitative estimate of drug-likeness (QED) is 0.843. The molecule has 0 saturated carbocycles. The van der Waals surface area contributed by atoms with Gasteiger partial charge in [0.25, 0.3) is 0 Å². The standard InChI is InChI=1S/C17H20ClN/c1-3-19-17(15-8-4-13(2)5-9-15)12-14-6-10-16(18)11-7-14/h4-11,17,19H,3,12H2,1-2H3. The zero-order chi connectivity index (χ0) is 13.7. The van der Waals surface area contributed by atoms with Crippen LogP contribution in [0.15, 0.2) is 48.5 Å². The molecule has 2 rings (SSSR count). The minimum Gasteiger partial charge on any atom is -0.310 e. The fourth-order valence-electron chi connectivity index (χ4n) is 2.21. The Hall–Kier alpha value is -1.31. The molecule has 100 valence electrons. The van der Waals surface area contributed by atoms with Crippen LogP contribution in [0.4, 0.5) is 0 Å². The van der Waals surface area contributed by atoms with Crippen LogP contribution in [0, 0.1) is 6.92 Å². The summed E-state index contributed by atoms with van der Waals surface area (Å²) in [5.41, 5.74) is 3.93. The highest BCUT2D eigenvalue weighted by molar-refractivity contribution is 6.30. The van der Waals surface area contributed by atoms with E-state index in [0.29, 0.717) is 6.04 Å². The van der Waals surface area contributed by atoms with Gasteiger partial charge in [-0.05, 0) is 43.1 Å². The molecule has 0 saturated heterocycles. The molecule has 0 aromatic heterocycles. The largest absolute Gasteiger partial charge is 0.310 e. The van der Waals surface area contributed by atoms with E-state index in [-0.39, 0.29) is 0 Å². The number of rotatable bonds is 5. The summed E-state index contributed by atoms with van der Waals surface area (Å²) in [4.78, 5) is 0. The molecule has 0 aliphatic carbocycles. The van der Waals surface area contributed by atoms with Crippen molar-refractivity contribution in [2.45, 2.75) is 26.3 Å². The highest BCUT2D eigenvalue weighted by Gasteiger charge is 2.10. The van der Waals surface area contributed by atoms with Gasteiger partial charge in [-0.2, -0.15) is 0 Å². The first-order chi connectivity index (χ1) is 9.19. The second kappa shape index (κ2) is 6.74. The summed E-state index contributed by atoms with van der Waals surface area (Å²) in [5, 5.41) is 4.34. The topological polar surface area (TPSA) is 12.0 Å². The third kappa shape index (κ3) is 4.09. The molecule has 2 aromatic rings. The van der Waals surface area contributed by atoms with Crippen LogP contribution < -0.4 is 5.32 Å². The summed E-state index contributed by atoms with van der Waals surface area (Å²) in [6.45, 7) is 5.22. The molecular formula is C17H20ClN. The fourth-order valence-corrected chi connectivity index (χ4v) is 2.34. The van der Waals surface area contributed by atoms with Crippen LogP contribution in [0.3, 0.4) is 0 Å². The Labute approximate surface area is 120 Å². The van der Waals surface area contributed by atoms with Crippen LogP contribution in [0.5, 0.6) is 0 Å². The Morgan fingerprint density at radius 2 is 1.63 bits per heavy atom. The lowest BCUT2D eigenvalue weighted by Crippen LogP contribution is -2.22. The van der Waals surface area contributed by atoms with Gasteiger partial charge in [0.15, 0.2) is 0 Å². The number of hydrogen-bond acceptors (Lipinski definition) is 1. The third-order valence-corrected chi connectivity index (χ3v) is 3.54. The Morgan fingerprint density at radius 3 is 2.21 bits per heavy atom. The van der Waals surface area contributed by atoms with Crippen molar-refractivity contribution in [1.29, 1.82) is 0 Å². The van der Waals surface area contributed by atoms with Crippen LogP contribution in [-0.2, 0) is 6.42 Å². The summed E-state index contributed by atoms with van der Waals surface area (Å²) in [6.07, 6.45) is 0.980. The van der Waals surface area contributed by atoms with Gasteiger partial charge in [-0.1, -0.05) is 60.5 Å². The highest BCUT2D eigenvalue weighted by Crippen LogP contribution is 2.20. The zero-order valence-corrected chi connectivity index (χ0v) is 12.2. The van der Waals surface area contributed by atoms with E-state index in [1.54, 1.807) is 0 Å². The van der Waals surface area contributed by atoms with Crippen molar-refractivity contribution in [3.05, 3.63) is 70.2 Å². The first-order valence-corrected chi connectivity index (χ1v) is 7.11. The van der Waals surface area contributed by atoms with E-state index in [9.17, 15) is 0 Å². The zero-order valence-electron chi connectivity index (χ0n) is 11.5. The molecule has 1 atom stereocenters. The molecule has 0 aliphatic heterocycles. The lowest BCUT2D eigenvalue weighted by atomic mass is 9.98. The van der Waals surface area contributed by atoms with Gasteiger partial charge in [-0.3, -0.25) is 0 Å². The lowest BCUT2D eigenvalue weighted by molar-refractivity contribution is 0.550. The number of aryl methyl sites for hydroxylation is 1. The summed E-state index contributed by atoms with van der Waals surface area (Å²) in [7, 11) is 0. The minimum atomic E-state index is 0.353. The molecule has 19 heavy (non-hydrogen) atoms. The van der Waals surface area contributed by atoms with Gasteiger partial charge >= 0.3 is 0 Å². The van der Waals surface area contributed by atoms with Crippen molar-refractivity contribution >= 4 is 11.6 Å². The van der Waals surface area contributed by atoms with Gasteiger partial charge in [0, 0.05) is 11.1 Å².